The molecule has 0 radical (unpaired) electrons. The van der Waals surface area contributed by atoms with Crippen molar-refractivity contribution >= 4 is 17.7 Å². The van der Waals surface area contributed by atoms with E-state index in [0.717, 1.165) is 30.0 Å². The fourth-order valence-corrected chi connectivity index (χ4v) is 2.16. The summed E-state index contributed by atoms with van der Waals surface area (Å²) in [7, 11) is 0. The molecule has 0 fully saturated rings. The van der Waals surface area contributed by atoms with Gasteiger partial charge in [-0.2, -0.15) is 11.8 Å². The smallest absolute Gasteiger partial charge is 0.352 e. The third-order valence-electron chi connectivity index (χ3n) is 2.26. The predicted octanol–water partition coefficient (Wildman–Crippen LogP) is 2.64. The molecule has 1 aromatic rings. The van der Waals surface area contributed by atoms with Gasteiger partial charge in [-0.05, 0) is 36.5 Å². The van der Waals surface area contributed by atoms with Gasteiger partial charge in [0.1, 0.15) is 5.69 Å². The van der Waals surface area contributed by atoms with Gasteiger partial charge < -0.3 is 9.67 Å². The van der Waals surface area contributed by atoms with Gasteiger partial charge in [0.2, 0.25) is 0 Å². The van der Waals surface area contributed by atoms with Crippen LogP contribution in [0.25, 0.3) is 0 Å². The first-order chi connectivity index (χ1) is 7.16. The van der Waals surface area contributed by atoms with Gasteiger partial charge in [-0.25, -0.2) is 4.79 Å². The maximum Gasteiger partial charge on any atom is 0.352 e. The monoisotopic (exact) mass is 227 g/mol. The van der Waals surface area contributed by atoms with E-state index < -0.39 is 5.97 Å². The number of aryl methyl sites for hydroxylation is 2. The van der Waals surface area contributed by atoms with E-state index in [2.05, 4.69) is 6.92 Å². The number of hydrogen-bond donors (Lipinski definition) is 1. The van der Waals surface area contributed by atoms with Crippen molar-refractivity contribution in [1.82, 2.24) is 4.57 Å². The predicted molar refractivity (Wildman–Crippen MR) is 63.7 cm³/mol. The molecule has 0 aliphatic carbocycles. The number of thioether (sulfide) groups is 1. The largest absolute Gasteiger partial charge is 0.477 e. The Labute approximate surface area is 94.5 Å². The molecule has 0 aromatic carbocycles. The summed E-state index contributed by atoms with van der Waals surface area (Å²) in [5.41, 5.74) is 1.27. The Balaban J connectivity index is 2.57. The van der Waals surface area contributed by atoms with E-state index in [1.165, 1.54) is 0 Å². The summed E-state index contributed by atoms with van der Waals surface area (Å²) in [5.74, 6) is 1.38. The van der Waals surface area contributed by atoms with E-state index >= 15 is 0 Å². The Morgan fingerprint density at radius 3 is 2.93 bits per heavy atom. The van der Waals surface area contributed by atoms with Crippen LogP contribution in [0.5, 0.6) is 0 Å². The average Bonchev–Trinajstić information content (AvgIpc) is 2.54. The molecule has 0 unspecified atom stereocenters. The SMILES string of the molecule is CCSCCCn1ccc(C)c1C(=O)O. The fraction of sp³-hybridized carbons (Fsp3) is 0.545. The van der Waals surface area contributed by atoms with Crippen LogP contribution in [0.15, 0.2) is 12.3 Å². The molecule has 0 aliphatic heterocycles. The van der Waals surface area contributed by atoms with Crippen molar-refractivity contribution in [2.45, 2.75) is 26.8 Å². The standard InChI is InChI=1S/C11H17NO2S/c1-3-15-8-4-6-12-7-5-9(2)10(12)11(13)14/h5,7H,3-4,6,8H2,1-2H3,(H,13,14). The van der Waals surface area contributed by atoms with Crippen molar-refractivity contribution in [2.75, 3.05) is 11.5 Å². The van der Waals surface area contributed by atoms with E-state index in [0.29, 0.717) is 5.69 Å². The molecule has 15 heavy (non-hydrogen) atoms. The highest BCUT2D eigenvalue weighted by atomic mass is 32.2. The average molecular weight is 227 g/mol. The van der Waals surface area contributed by atoms with Crippen LogP contribution in [0.1, 0.15) is 29.4 Å². The molecule has 84 valence electrons. The number of carbonyl (C=O) groups is 1. The molecule has 0 atom stereocenters. The molecule has 1 rings (SSSR count). The Hall–Kier alpha value is -0.900. The molecule has 4 heteroatoms. The molecule has 0 amide bonds. The number of carboxylic acids is 1. The van der Waals surface area contributed by atoms with Gasteiger partial charge in [-0.15, -0.1) is 0 Å². The number of aromatic nitrogens is 1. The number of carboxylic acid groups (broad SMARTS) is 1. The molecule has 0 saturated carbocycles. The van der Waals surface area contributed by atoms with E-state index in [4.69, 9.17) is 5.11 Å². The second kappa shape index (κ2) is 5.85. The zero-order chi connectivity index (χ0) is 11.3. The van der Waals surface area contributed by atoms with Crippen molar-refractivity contribution in [1.29, 1.82) is 0 Å². The molecule has 1 heterocycles. The van der Waals surface area contributed by atoms with Crippen molar-refractivity contribution in [3.8, 4) is 0 Å². The van der Waals surface area contributed by atoms with Gasteiger partial charge in [-0.1, -0.05) is 6.92 Å². The lowest BCUT2D eigenvalue weighted by atomic mass is 10.3. The second-order valence-corrected chi connectivity index (χ2v) is 4.79. The highest BCUT2D eigenvalue weighted by molar-refractivity contribution is 7.99. The molecule has 0 bridgehead atoms. The molecule has 0 saturated heterocycles. The minimum absolute atomic E-state index is 0.427. The van der Waals surface area contributed by atoms with Crippen LogP contribution in [0.3, 0.4) is 0 Å². The summed E-state index contributed by atoms with van der Waals surface area (Å²) >= 11 is 1.89. The van der Waals surface area contributed by atoms with Gasteiger partial charge in [0.05, 0.1) is 0 Å². The summed E-state index contributed by atoms with van der Waals surface area (Å²) in [6.45, 7) is 4.76. The summed E-state index contributed by atoms with van der Waals surface area (Å²) in [4.78, 5) is 11.0. The van der Waals surface area contributed by atoms with Crippen molar-refractivity contribution in [2.24, 2.45) is 0 Å². The van der Waals surface area contributed by atoms with Crippen LogP contribution < -0.4 is 0 Å². The second-order valence-electron chi connectivity index (χ2n) is 3.40. The molecule has 0 aliphatic rings. The Bertz CT molecular complexity index is 333. The maximum absolute atomic E-state index is 11.0. The maximum atomic E-state index is 11.0. The van der Waals surface area contributed by atoms with Crippen LogP contribution in [-0.4, -0.2) is 27.1 Å². The first-order valence-electron chi connectivity index (χ1n) is 5.13. The van der Waals surface area contributed by atoms with Gasteiger partial charge in [0.15, 0.2) is 0 Å². The van der Waals surface area contributed by atoms with Crippen LogP contribution in [0.4, 0.5) is 0 Å². The van der Waals surface area contributed by atoms with E-state index in [9.17, 15) is 4.79 Å². The number of nitrogens with zero attached hydrogens (tertiary/aromatic N) is 1. The topological polar surface area (TPSA) is 42.2 Å². The van der Waals surface area contributed by atoms with Gasteiger partial charge >= 0.3 is 5.97 Å². The molecule has 3 nitrogen and oxygen atoms in total. The molecule has 1 aromatic heterocycles. The lowest BCUT2D eigenvalue weighted by Crippen LogP contribution is -2.09. The van der Waals surface area contributed by atoms with Crippen LogP contribution in [0.2, 0.25) is 0 Å². The van der Waals surface area contributed by atoms with Crippen LogP contribution >= 0.6 is 11.8 Å². The summed E-state index contributed by atoms with van der Waals surface area (Å²) < 4.78 is 1.83. The van der Waals surface area contributed by atoms with Crippen LogP contribution in [-0.2, 0) is 6.54 Å². The third kappa shape index (κ3) is 3.30. The Morgan fingerprint density at radius 2 is 2.33 bits per heavy atom. The number of rotatable bonds is 6. The van der Waals surface area contributed by atoms with Crippen molar-refractivity contribution in [3.63, 3.8) is 0 Å². The number of aromatic carboxylic acids is 1. The van der Waals surface area contributed by atoms with Gasteiger partial charge in [-0.3, -0.25) is 0 Å². The van der Waals surface area contributed by atoms with Crippen molar-refractivity contribution in [3.05, 3.63) is 23.5 Å². The van der Waals surface area contributed by atoms with Gasteiger partial charge in [0.25, 0.3) is 0 Å². The Morgan fingerprint density at radius 1 is 1.60 bits per heavy atom. The normalized spacial score (nSPS) is 10.5. The van der Waals surface area contributed by atoms with E-state index in [1.54, 1.807) is 0 Å². The molecular weight excluding hydrogens is 210 g/mol. The van der Waals surface area contributed by atoms with Gasteiger partial charge in [0, 0.05) is 12.7 Å². The zero-order valence-electron chi connectivity index (χ0n) is 9.19. The summed E-state index contributed by atoms with van der Waals surface area (Å²) in [6, 6.07) is 1.86. The van der Waals surface area contributed by atoms with Crippen molar-refractivity contribution < 1.29 is 9.90 Å². The first-order valence-corrected chi connectivity index (χ1v) is 6.29. The van der Waals surface area contributed by atoms with Crippen LogP contribution in [0, 0.1) is 6.92 Å². The summed E-state index contributed by atoms with van der Waals surface area (Å²) in [5, 5.41) is 9.01. The summed E-state index contributed by atoms with van der Waals surface area (Å²) in [6.07, 6.45) is 2.88. The van der Waals surface area contributed by atoms with E-state index in [-0.39, 0.29) is 0 Å². The highest BCUT2D eigenvalue weighted by Gasteiger charge is 2.12. The zero-order valence-corrected chi connectivity index (χ0v) is 10.0. The quantitative estimate of drug-likeness (QED) is 0.760. The lowest BCUT2D eigenvalue weighted by Gasteiger charge is -2.06. The lowest BCUT2D eigenvalue weighted by molar-refractivity contribution is 0.0684. The first kappa shape index (κ1) is 12.2. The fourth-order valence-electron chi connectivity index (χ4n) is 1.54. The third-order valence-corrected chi connectivity index (χ3v) is 3.25. The highest BCUT2D eigenvalue weighted by Crippen LogP contribution is 2.11. The minimum Gasteiger partial charge on any atom is -0.477 e. The minimum atomic E-state index is -0.833. The molecule has 1 N–H and O–H groups in total. The van der Waals surface area contributed by atoms with E-state index in [1.807, 2.05) is 35.5 Å². The number of hydrogen-bond acceptors (Lipinski definition) is 2. The molecule has 0 spiro atoms. The molecular formula is C11H17NO2S. The Kier molecular flexibility index (Phi) is 4.75.